The van der Waals surface area contributed by atoms with E-state index in [1.165, 1.54) is 20.1 Å². The van der Waals surface area contributed by atoms with E-state index in [0.717, 1.165) is 12.1 Å². The quantitative estimate of drug-likeness (QED) is 0.751. The van der Waals surface area contributed by atoms with Gasteiger partial charge >= 0.3 is 11.9 Å². The van der Waals surface area contributed by atoms with Crippen LogP contribution in [0, 0.1) is 6.92 Å². The number of nitrogens with one attached hydrogen (secondary N) is 1. The van der Waals surface area contributed by atoms with Gasteiger partial charge < -0.3 is 20.3 Å². The highest BCUT2D eigenvalue weighted by Crippen LogP contribution is 2.27. The van der Waals surface area contributed by atoms with Crippen molar-refractivity contribution in [2.45, 2.75) is 6.92 Å². The molecule has 25 heavy (non-hydrogen) atoms. The van der Waals surface area contributed by atoms with Gasteiger partial charge in [0.2, 0.25) is 0 Å². The van der Waals surface area contributed by atoms with Crippen LogP contribution in [-0.2, 0) is 0 Å². The van der Waals surface area contributed by atoms with Crippen LogP contribution in [0.15, 0.2) is 30.3 Å². The smallest absolute Gasteiger partial charge is 0.336 e. The zero-order valence-corrected chi connectivity index (χ0v) is 14.0. The summed E-state index contributed by atoms with van der Waals surface area (Å²) >= 11 is 5.98. The molecule has 0 aromatic heterocycles. The number of amides is 1. The van der Waals surface area contributed by atoms with Crippen LogP contribution in [-0.4, -0.2) is 35.2 Å². The summed E-state index contributed by atoms with van der Waals surface area (Å²) < 4.78 is 5.01. The summed E-state index contributed by atoms with van der Waals surface area (Å²) in [4.78, 5) is 34.9. The van der Waals surface area contributed by atoms with Crippen LogP contribution in [0.3, 0.4) is 0 Å². The summed E-state index contributed by atoms with van der Waals surface area (Å²) in [5.41, 5.74) is -0.169. The number of rotatable bonds is 5. The number of carbonyl (C=O) groups is 3. The lowest BCUT2D eigenvalue weighted by Crippen LogP contribution is -2.16. The summed E-state index contributed by atoms with van der Waals surface area (Å²) in [7, 11) is 1.45. The number of carbonyl (C=O) groups excluding carboxylic acids is 1. The Balaban J connectivity index is 2.40. The van der Waals surface area contributed by atoms with Crippen molar-refractivity contribution in [1.29, 1.82) is 0 Å². The van der Waals surface area contributed by atoms with E-state index < -0.39 is 17.8 Å². The SMILES string of the molecule is COc1ccc(NC(=O)c2cc(C(=O)O)c(C)c(C(=O)O)c2)cc1Cl. The number of methoxy groups -OCH3 is 1. The molecule has 7 nitrogen and oxygen atoms in total. The van der Waals surface area contributed by atoms with Gasteiger partial charge in [-0.15, -0.1) is 0 Å². The molecule has 0 spiro atoms. The molecule has 2 rings (SSSR count). The molecule has 0 saturated carbocycles. The molecule has 0 bridgehead atoms. The number of carboxylic acids is 2. The molecule has 0 aliphatic carbocycles. The molecule has 0 radical (unpaired) electrons. The third kappa shape index (κ3) is 3.89. The molecule has 8 heteroatoms. The molecule has 0 aliphatic rings. The molecule has 2 aromatic rings. The van der Waals surface area contributed by atoms with Gasteiger partial charge in [0.25, 0.3) is 5.91 Å². The maximum atomic E-state index is 12.4. The summed E-state index contributed by atoms with van der Waals surface area (Å²) in [6.07, 6.45) is 0. The predicted molar refractivity (Wildman–Crippen MR) is 91.1 cm³/mol. The highest BCUT2D eigenvalue weighted by molar-refractivity contribution is 6.32. The number of hydrogen-bond acceptors (Lipinski definition) is 4. The summed E-state index contributed by atoms with van der Waals surface area (Å²) in [6, 6.07) is 6.82. The van der Waals surface area contributed by atoms with Gasteiger partial charge in [0, 0.05) is 11.3 Å². The van der Waals surface area contributed by atoms with Gasteiger partial charge in [-0.2, -0.15) is 0 Å². The van der Waals surface area contributed by atoms with E-state index in [9.17, 15) is 24.6 Å². The molecule has 3 N–H and O–H groups in total. The third-order valence-electron chi connectivity index (χ3n) is 3.54. The monoisotopic (exact) mass is 363 g/mol. The van der Waals surface area contributed by atoms with E-state index in [1.807, 2.05) is 0 Å². The van der Waals surface area contributed by atoms with Crippen molar-refractivity contribution < 1.29 is 29.3 Å². The third-order valence-corrected chi connectivity index (χ3v) is 3.84. The Kier molecular flexibility index (Phi) is 5.29. The van der Waals surface area contributed by atoms with E-state index in [1.54, 1.807) is 12.1 Å². The van der Waals surface area contributed by atoms with E-state index >= 15 is 0 Å². The molecule has 0 aliphatic heterocycles. The van der Waals surface area contributed by atoms with Crippen LogP contribution < -0.4 is 10.1 Å². The second-order valence-electron chi connectivity index (χ2n) is 5.11. The molecule has 0 unspecified atom stereocenters. The Morgan fingerprint density at radius 2 is 1.60 bits per heavy atom. The van der Waals surface area contributed by atoms with Gasteiger partial charge in [0.15, 0.2) is 0 Å². The van der Waals surface area contributed by atoms with Crippen LogP contribution in [0.25, 0.3) is 0 Å². The Morgan fingerprint density at radius 3 is 2.04 bits per heavy atom. The normalized spacial score (nSPS) is 10.2. The lowest BCUT2D eigenvalue weighted by atomic mass is 9.98. The van der Waals surface area contributed by atoms with Crippen molar-refractivity contribution in [3.63, 3.8) is 0 Å². The van der Waals surface area contributed by atoms with Gasteiger partial charge in [0.05, 0.1) is 23.3 Å². The number of carboxylic acid groups (broad SMARTS) is 2. The molecule has 0 heterocycles. The number of ether oxygens (including phenoxy) is 1. The van der Waals surface area contributed by atoms with Crippen molar-refractivity contribution in [2.24, 2.45) is 0 Å². The van der Waals surface area contributed by atoms with Gasteiger partial charge in [-0.3, -0.25) is 4.79 Å². The fourth-order valence-corrected chi connectivity index (χ4v) is 2.49. The van der Waals surface area contributed by atoms with Gasteiger partial charge in [-0.05, 0) is 42.8 Å². The first-order valence-corrected chi connectivity index (χ1v) is 7.38. The molecule has 2 aromatic carbocycles. The summed E-state index contributed by atoms with van der Waals surface area (Å²) in [5.74, 6) is -2.87. The fraction of sp³-hybridized carbons (Fsp3) is 0.118. The minimum Gasteiger partial charge on any atom is -0.495 e. The van der Waals surface area contributed by atoms with Crippen LogP contribution in [0.4, 0.5) is 5.69 Å². The molecular formula is C17H14ClNO6. The Hall–Kier alpha value is -3.06. The largest absolute Gasteiger partial charge is 0.495 e. The molecule has 0 saturated heterocycles. The van der Waals surface area contributed by atoms with Gasteiger partial charge in [0.1, 0.15) is 5.75 Å². The van der Waals surface area contributed by atoms with E-state index in [4.69, 9.17) is 16.3 Å². The second-order valence-corrected chi connectivity index (χ2v) is 5.52. The van der Waals surface area contributed by atoms with Crippen LogP contribution in [0.5, 0.6) is 5.75 Å². The number of aromatic carboxylic acids is 2. The average molecular weight is 364 g/mol. The molecule has 0 fully saturated rings. The zero-order chi connectivity index (χ0) is 18.7. The van der Waals surface area contributed by atoms with E-state index in [-0.39, 0.29) is 27.3 Å². The van der Waals surface area contributed by atoms with Crippen LogP contribution >= 0.6 is 11.6 Å². The number of anilines is 1. The first kappa shape index (κ1) is 18.3. The number of hydrogen-bond donors (Lipinski definition) is 3. The minimum absolute atomic E-state index is 0.0732. The minimum atomic E-state index is -1.32. The highest BCUT2D eigenvalue weighted by Gasteiger charge is 2.20. The highest BCUT2D eigenvalue weighted by atomic mass is 35.5. The maximum Gasteiger partial charge on any atom is 0.336 e. The predicted octanol–water partition coefficient (Wildman–Crippen LogP) is 3.31. The topological polar surface area (TPSA) is 113 Å². The lowest BCUT2D eigenvalue weighted by molar-refractivity contribution is 0.0696. The Bertz CT molecular complexity index is 842. The zero-order valence-electron chi connectivity index (χ0n) is 13.3. The first-order chi connectivity index (χ1) is 11.7. The van der Waals surface area contributed by atoms with Crippen molar-refractivity contribution >= 4 is 35.1 Å². The molecule has 1 amide bonds. The Morgan fingerprint density at radius 1 is 1.04 bits per heavy atom. The first-order valence-electron chi connectivity index (χ1n) is 7.00. The van der Waals surface area contributed by atoms with Crippen LogP contribution in [0.2, 0.25) is 5.02 Å². The van der Waals surface area contributed by atoms with Gasteiger partial charge in [-0.25, -0.2) is 9.59 Å². The van der Waals surface area contributed by atoms with Gasteiger partial charge in [-0.1, -0.05) is 11.6 Å². The summed E-state index contributed by atoms with van der Waals surface area (Å²) in [6.45, 7) is 1.37. The van der Waals surface area contributed by atoms with Crippen molar-refractivity contribution in [3.8, 4) is 5.75 Å². The molecule has 130 valence electrons. The molecule has 0 atom stereocenters. The number of halogens is 1. The maximum absolute atomic E-state index is 12.4. The fourth-order valence-electron chi connectivity index (χ4n) is 2.24. The van der Waals surface area contributed by atoms with Crippen molar-refractivity contribution in [3.05, 3.63) is 57.6 Å². The standard InChI is InChI=1S/C17H14ClNO6/c1-8-11(16(21)22)5-9(6-12(8)17(23)24)15(20)19-10-3-4-14(25-2)13(18)7-10/h3-7H,1-2H3,(H,19,20)(H,21,22)(H,23,24). The summed E-state index contributed by atoms with van der Waals surface area (Å²) in [5, 5.41) is 21.2. The van der Waals surface area contributed by atoms with Crippen LogP contribution in [0.1, 0.15) is 36.6 Å². The van der Waals surface area contributed by atoms with E-state index in [2.05, 4.69) is 5.32 Å². The van der Waals surface area contributed by atoms with E-state index in [0.29, 0.717) is 11.4 Å². The number of benzene rings is 2. The van der Waals surface area contributed by atoms with Crippen molar-refractivity contribution in [2.75, 3.05) is 12.4 Å². The lowest BCUT2D eigenvalue weighted by Gasteiger charge is -2.11. The van der Waals surface area contributed by atoms with Crippen molar-refractivity contribution in [1.82, 2.24) is 0 Å². The second kappa shape index (κ2) is 7.23. The Labute approximate surface area is 147 Å². The molecular weight excluding hydrogens is 350 g/mol. The average Bonchev–Trinajstić information content (AvgIpc) is 2.54.